The van der Waals surface area contributed by atoms with E-state index in [0.717, 1.165) is 15.5 Å². The minimum absolute atomic E-state index is 0.314. The molecule has 0 spiro atoms. The van der Waals surface area contributed by atoms with Gasteiger partial charge in [-0.15, -0.1) is 11.3 Å². The van der Waals surface area contributed by atoms with E-state index >= 15 is 0 Å². The first kappa shape index (κ1) is 10.2. The third-order valence-corrected chi connectivity index (χ3v) is 3.60. The Morgan fingerprint density at radius 3 is 2.73 bits per heavy atom. The second-order valence-electron chi connectivity index (χ2n) is 3.43. The number of carbonyl (C=O) groups is 1. The number of imidazole rings is 1. The lowest BCUT2D eigenvalue weighted by Crippen LogP contribution is -2.05. The Balaban J connectivity index is 2.86. The molecule has 2 aromatic heterocycles. The molecule has 80 valence electrons. The standard InChI is InChI=1S/C10H12N2O2S/c1-4-7-8(9(13)14)12-5(2)6(3)15-10(12)11-7/h4H2,1-3H3,(H,13,14). The molecule has 0 bridgehead atoms. The number of nitrogens with zero attached hydrogens (tertiary/aromatic N) is 2. The molecule has 5 heteroatoms. The van der Waals surface area contributed by atoms with Crippen LogP contribution in [0, 0.1) is 13.8 Å². The van der Waals surface area contributed by atoms with E-state index in [4.69, 9.17) is 5.11 Å². The van der Waals surface area contributed by atoms with Gasteiger partial charge in [-0.2, -0.15) is 0 Å². The Labute approximate surface area is 91.2 Å². The van der Waals surface area contributed by atoms with E-state index in [2.05, 4.69) is 4.98 Å². The molecule has 0 saturated carbocycles. The molecule has 0 aliphatic rings. The van der Waals surface area contributed by atoms with E-state index in [1.807, 2.05) is 20.8 Å². The summed E-state index contributed by atoms with van der Waals surface area (Å²) in [4.78, 5) is 17.4. The van der Waals surface area contributed by atoms with Gasteiger partial charge in [0, 0.05) is 10.6 Å². The number of aryl methyl sites for hydroxylation is 3. The molecule has 1 N–H and O–H groups in total. The number of thiazole rings is 1. The average Bonchev–Trinajstić information content (AvgIpc) is 2.65. The molecule has 0 aliphatic heterocycles. The molecule has 2 aromatic rings. The van der Waals surface area contributed by atoms with Gasteiger partial charge in [0.15, 0.2) is 10.7 Å². The average molecular weight is 224 g/mol. The molecular weight excluding hydrogens is 212 g/mol. The summed E-state index contributed by atoms with van der Waals surface area (Å²) in [5, 5.41) is 9.16. The highest BCUT2D eigenvalue weighted by atomic mass is 32.1. The van der Waals surface area contributed by atoms with Crippen LogP contribution in [0.25, 0.3) is 4.96 Å². The fraction of sp³-hybridized carbons (Fsp3) is 0.400. The van der Waals surface area contributed by atoms with Gasteiger partial charge >= 0.3 is 5.97 Å². The highest BCUT2D eigenvalue weighted by Crippen LogP contribution is 2.25. The fourth-order valence-electron chi connectivity index (χ4n) is 1.66. The number of aromatic nitrogens is 2. The summed E-state index contributed by atoms with van der Waals surface area (Å²) in [5.41, 5.74) is 1.95. The van der Waals surface area contributed by atoms with E-state index in [1.54, 1.807) is 4.40 Å². The fourth-order valence-corrected chi connectivity index (χ4v) is 2.64. The number of hydrogen-bond donors (Lipinski definition) is 1. The predicted molar refractivity (Wildman–Crippen MR) is 58.9 cm³/mol. The number of carboxylic acids is 1. The monoisotopic (exact) mass is 224 g/mol. The maximum absolute atomic E-state index is 11.2. The molecular formula is C10H12N2O2S. The van der Waals surface area contributed by atoms with Crippen LogP contribution in [0.1, 0.15) is 33.7 Å². The highest BCUT2D eigenvalue weighted by Gasteiger charge is 2.20. The maximum atomic E-state index is 11.2. The molecule has 0 aromatic carbocycles. The summed E-state index contributed by atoms with van der Waals surface area (Å²) in [6, 6.07) is 0. The molecule has 0 fully saturated rings. The van der Waals surface area contributed by atoms with Crippen LogP contribution < -0.4 is 0 Å². The van der Waals surface area contributed by atoms with Crippen molar-refractivity contribution in [3.8, 4) is 0 Å². The summed E-state index contributed by atoms with van der Waals surface area (Å²) in [7, 11) is 0. The van der Waals surface area contributed by atoms with Crippen molar-refractivity contribution < 1.29 is 9.90 Å². The zero-order valence-electron chi connectivity index (χ0n) is 8.87. The predicted octanol–water partition coefficient (Wildman–Crippen LogP) is 2.27. The van der Waals surface area contributed by atoms with Crippen LogP contribution in [0.2, 0.25) is 0 Å². The van der Waals surface area contributed by atoms with E-state index in [9.17, 15) is 4.79 Å². The Morgan fingerprint density at radius 2 is 2.20 bits per heavy atom. The number of carboxylic acid groups (broad SMARTS) is 1. The number of fused-ring (bicyclic) bond motifs is 1. The summed E-state index contributed by atoms with van der Waals surface area (Å²) >= 11 is 1.54. The van der Waals surface area contributed by atoms with E-state index < -0.39 is 5.97 Å². The van der Waals surface area contributed by atoms with Gasteiger partial charge in [-0.1, -0.05) is 6.92 Å². The van der Waals surface area contributed by atoms with Crippen LogP contribution in [0.15, 0.2) is 0 Å². The summed E-state index contributed by atoms with van der Waals surface area (Å²) < 4.78 is 1.74. The molecule has 0 radical (unpaired) electrons. The van der Waals surface area contributed by atoms with Crippen LogP contribution in [0.5, 0.6) is 0 Å². The molecule has 0 atom stereocenters. The van der Waals surface area contributed by atoms with Crippen LogP contribution in [-0.4, -0.2) is 20.5 Å². The molecule has 0 amide bonds. The third-order valence-electron chi connectivity index (χ3n) is 2.55. The topological polar surface area (TPSA) is 54.6 Å². The zero-order chi connectivity index (χ0) is 11.2. The van der Waals surface area contributed by atoms with E-state index in [1.165, 1.54) is 11.3 Å². The first-order valence-electron chi connectivity index (χ1n) is 4.76. The third kappa shape index (κ3) is 1.34. The molecule has 2 heterocycles. The van der Waals surface area contributed by atoms with Gasteiger partial charge in [0.05, 0.1) is 5.69 Å². The SMILES string of the molecule is CCc1nc2sc(C)c(C)n2c1C(=O)O. The van der Waals surface area contributed by atoms with Gasteiger partial charge in [0.25, 0.3) is 0 Å². The van der Waals surface area contributed by atoms with E-state index in [0.29, 0.717) is 17.8 Å². The second-order valence-corrected chi connectivity index (χ2v) is 4.61. The number of rotatable bonds is 2. The van der Waals surface area contributed by atoms with Gasteiger partial charge < -0.3 is 5.11 Å². The highest BCUT2D eigenvalue weighted by molar-refractivity contribution is 7.17. The van der Waals surface area contributed by atoms with Crippen LogP contribution >= 0.6 is 11.3 Å². The van der Waals surface area contributed by atoms with Crippen LogP contribution in [0.3, 0.4) is 0 Å². The van der Waals surface area contributed by atoms with Crippen molar-refractivity contribution in [3.63, 3.8) is 0 Å². The second kappa shape index (κ2) is 3.34. The summed E-state index contributed by atoms with van der Waals surface area (Å²) in [5.74, 6) is -0.903. The van der Waals surface area contributed by atoms with Crippen molar-refractivity contribution in [1.82, 2.24) is 9.38 Å². The lowest BCUT2D eigenvalue weighted by Gasteiger charge is -1.98. The maximum Gasteiger partial charge on any atom is 0.354 e. The molecule has 0 saturated heterocycles. The Kier molecular flexibility index (Phi) is 2.26. The molecule has 15 heavy (non-hydrogen) atoms. The van der Waals surface area contributed by atoms with E-state index in [-0.39, 0.29) is 0 Å². The Bertz CT molecular complexity index is 539. The van der Waals surface area contributed by atoms with Crippen molar-refractivity contribution >= 4 is 22.3 Å². The minimum atomic E-state index is -0.903. The van der Waals surface area contributed by atoms with Crippen molar-refractivity contribution in [2.75, 3.05) is 0 Å². The zero-order valence-corrected chi connectivity index (χ0v) is 9.68. The van der Waals surface area contributed by atoms with Crippen molar-refractivity contribution in [3.05, 3.63) is 22.0 Å². The van der Waals surface area contributed by atoms with Crippen molar-refractivity contribution in [2.24, 2.45) is 0 Å². The van der Waals surface area contributed by atoms with Crippen LogP contribution in [0.4, 0.5) is 0 Å². The van der Waals surface area contributed by atoms with Crippen LogP contribution in [-0.2, 0) is 6.42 Å². The smallest absolute Gasteiger partial charge is 0.354 e. The quantitative estimate of drug-likeness (QED) is 0.851. The van der Waals surface area contributed by atoms with Gasteiger partial charge in [-0.3, -0.25) is 4.40 Å². The Morgan fingerprint density at radius 1 is 1.53 bits per heavy atom. The van der Waals surface area contributed by atoms with Crippen molar-refractivity contribution in [2.45, 2.75) is 27.2 Å². The minimum Gasteiger partial charge on any atom is -0.477 e. The van der Waals surface area contributed by atoms with Gasteiger partial charge in [-0.05, 0) is 20.3 Å². The summed E-state index contributed by atoms with van der Waals surface area (Å²) in [6.45, 7) is 5.82. The first-order chi connectivity index (χ1) is 7.06. The summed E-state index contributed by atoms with van der Waals surface area (Å²) in [6.07, 6.45) is 0.647. The first-order valence-corrected chi connectivity index (χ1v) is 5.58. The van der Waals surface area contributed by atoms with Gasteiger partial charge in [-0.25, -0.2) is 9.78 Å². The molecule has 4 nitrogen and oxygen atoms in total. The molecule has 0 aliphatic carbocycles. The number of aromatic carboxylic acids is 1. The number of hydrogen-bond acceptors (Lipinski definition) is 3. The normalized spacial score (nSPS) is 11.1. The molecule has 2 rings (SSSR count). The van der Waals surface area contributed by atoms with Gasteiger partial charge in [0.2, 0.25) is 0 Å². The van der Waals surface area contributed by atoms with Gasteiger partial charge in [0.1, 0.15) is 0 Å². The lowest BCUT2D eigenvalue weighted by molar-refractivity contribution is 0.0688. The molecule has 0 unspecified atom stereocenters. The Hall–Kier alpha value is -1.36. The lowest BCUT2D eigenvalue weighted by atomic mass is 10.2. The van der Waals surface area contributed by atoms with Crippen molar-refractivity contribution in [1.29, 1.82) is 0 Å². The largest absolute Gasteiger partial charge is 0.477 e.